The predicted octanol–water partition coefficient (Wildman–Crippen LogP) is 5.21. The van der Waals surface area contributed by atoms with Crippen molar-refractivity contribution in [2.45, 2.75) is 12.7 Å². The van der Waals surface area contributed by atoms with E-state index in [1.807, 2.05) is 0 Å². The lowest BCUT2D eigenvalue weighted by Crippen LogP contribution is -2.15. The number of hydrogen-bond donors (Lipinski definition) is 2. The van der Waals surface area contributed by atoms with E-state index in [0.29, 0.717) is 11.3 Å². The Morgan fingerprint density at radius 1 is 1.03 bits per heavy atom. The molecule has 158 valence electrons. The minimum atomic E-state index is -4.65. The summed E-state index contributed by atoms with van der Waals surface area (Å²) < 4.78 is 51.0. The van der Waals surface area contributed by atoms with Crippen molar-refractivity contribution in [1.82, 2.24) is 10.1 Å². The van der Waals surface area contributed by atoms with Gasteiger partial charge < -0.3 is 19.6 Å². The van der Waals surface area contributed by atoms with Crippen LogP contribution in [-0.4, -0.2) is 16.0 Å². The molecule has 0 aliphatic carbocycles. The van der Waals surface area contributed by atoms with Gasteiger partial charge in [0.25, 0.3) is 5.91 Å². The van der Waals surface area contributed by atoms with E-state index in [1.165, 1.54) is 18.4 Å². The molecule has 0 saturated heterocycles. The third kappa shape index (κ3) is 4.74. The molecule has 31 heavy (non-hydrogen) atoms. The van der Waals surface area contributed by atoms with Crippen LogP contribution in [0.4, 0.5) is 24.5 Å². The fourth-order valence-corrected chi connectivity index (χ4v) is 2.81. The number of nitrogens with zero attached hydrogens (tertiary/aromatic N) is 2. The molecule has 0 radical (unpaired) electrons. The molecule has 2 N–H and O–H groups in total. The molecule has 4 aromatic rings. The molecule has 0 spiro atoms. The highest BCUT2D eigenvalue weighted by Gasteiger charge is 2.34. The van der Waals surface area contributed by atoms with Crippen molar-refractivity contribution in [3.8, 4) is 11.6 Å². The summed E-state index contributed by atoms with van der Waals surface area (Å²) in [6, 6.07) is 15.0. The molecule has 0 bridgehead atoms. The van der Waals surface area contributed by atoms with Crippen molar-refractivity contribution in [2.75, 3.05) is 10.6 Å². The monoisotopic (exact) mass is 428 g/mol. The maximum absolute atomic E-state index is 13.6. The lowest BCUT2D eigenvalue weighted by atomic mass is 10.1. The molecule has 0 unspecified atom stereocenters. The molecule has 7 nitrogen and oxygen atoms in total. The number of nitrogens with one attached hydrogen (secondary N) is 2. The SMILES string of the molecule is O=C(Nc1ccc(NCc2nc(-c3ccco3)no2)c(C(F)(F)F)c1)c1ccccc1. The van der Waals surface area contributed by atoms with Crippen LogP contribution in [0.2, 0.25) is 0 Å². The van der Waals surface area contributed by atoms with E-state index in [4.69, 9.17) is 8.94 Å². The Balaban J connectivity index is 1.50. The number of furan rings is 1. The summed E-state index contributed by atoms with van der Waals surface area (Å²) in [6.07, 6.45) is -3.21. The number of carbonyl (C=O) groups is 1. The summed E-state index contributed by atoms with van der Waals surface area (Å²) in [5.74, 6) is 0.146. The number of carbonyl (C=O) groups excluding carboxylic acids is 1. The van der Waals surface area contributed by atoms with Gasteiger partial charge in [-0.2, -0.15) is 18.2 Å². The van der Waals surface area contributed by atoms with Crippen molar-refractivity contribution in [3.05, 3.63) is 83.9 Å². The van der Waals surface area contributed by atoms with Gasteiger partial charge in [-0.3, -0.25) is 4.79 Å². The Hall–Kier alpha value is -4.08. The van der Waals surface area contributed by atoms with Crippen LogP contribution in [0, 0.1) is 0 Å². The van der Waals surface area contributed by atoms with E-state index in [9.17, 15) is 18.0 Å². The molecule has 2 aromatic carbocycles. The first-order valence-corrected chi connectivity index (χ1v) is 9.08. The van der Waals surface area contributed by atoms with Crippen molar-refractivity contribution >= 4 is 17.3 Å². The summed E-state index contributed by atoms with van der Waals surface area (Å²) >= 11 is 0. The van der Waals surface area contributed by atoms with E-state index < -0.39 is 17.6 Å². The van der Waals surface area contributed by atoms with Gasteiger partial charge in [0.1, 0.15) is 0 Å². The van der Waals surface area contributed by atoms with Crippen LogP contribution in [0.15, 0.2) is 75.9 Å². The normalized spacial score (nSPS) is 11.3. The van der Waals surface area contributed by atoms with Crippen LogP contribution >= 0.6 is 0 Å². The highest BCUT2D eigenvalue weighted by Crippen LogP contribution is 2.37. The van der Waals surface area contributed by atoms with Crippen LogP contribution in [0.25, 0.3) is 11.6 Å². The topological polar surface area (TPSA) is 93.2 Å². The zero-order valence-electron chi connectivity index (χ0n) is 15.8. The predicted molar refractivity (Wildman–Crippen MR) is 105 cm³/mol. The number of anilines is 2. The number of benzene rings is 2. The van der Waals surface area contributed by atoms with Gasteiger partial charge >= 0.3 is 6.18 Å². The molecule has 4 rings (SSSR count). The first-order valence-electron chi connectivity index (χ1n) is 9.08. The van der Waals surface area contributed by atoms with Crippen molar-refractivity contribution in [1.29, 1.82) is 0 Å². The fraction of sp³-hybridized carbons (Fsp3) is 0.0952. The van der Waals surface area contributed by atoms with E-state index in [-0.39, 0.29) is 29.6 Å². The molecule has 0 aliphatic rings. The van der Waals surface area contributed by atoms with Gasteiger partial charge in [-0.05, 0) is 42.5 Å². The van der Waals surface area contributed by atoms with E-state index in [1.54, 1.807) is 42.5 Å². The zero-order valence-corrected chi connectivity index (χ0v) is 15.8. The average molecular weight is 428 g/mol. The van der Waals surface area contributed by atoms with E-state index in [2.05, 4.69) is 20.8 Å². The molecule has 1 amide bonds. The Morgan fingerprint density at radius 2 is 1.84 bits per heavy atom. The first-order chi connectivity index (χ1) is 14.9. The molecule has 0 aliphatic heterocycles. The molecular formula is C21H15F3N4O3. The number of halogens is 3. The van der Waals surface area contributed by atoms with Crippen molar-refractivity contribution in [2.24, 2.45) is 0 Å². The Bertz CT molecular complexity index is 1170. The van der Waals surface area contributed by atoms with Gasteiger partial charge in [-0.15, -0.1) is 0 Å². The van der Waals surface area contributed by atoms with Crippen molar-refractivity contribution < 1.29 is 26.9 Å². The summed E-state index contributed by atoms with van der Waals surface area (Å²) in [5.41, 5.74) is -0.779. The van der Waals surface area contributed by atoms with Gasteiger partial charge in [0.2, 0.25) is 11.7 Å². The van der Waals surface area contributed by atoms with Crippen LogP contribution in [0.3, 0.4) is 0 Å². The van der Waals surface area contributed by atoms with Crippen LogP contribution in [-0.2, 0) is 12.7 Å². The van der Waals surface area contributed by atoms with Gasteiger partial charge in [0.05, 0.1) is 18.4 Å². The minimum Gasteiger partial charge on any atom is -0.461 e. The van der Waals surface area contributed by atoms with Gasteiger partial charge in [-0.1, -0.05) is 23.4 Å². The molecular weight excluding hydrogens is 413 g/mol. The number of aromatic nitrogens is 2. The summed E-state index contributed by atoms with van der Waals surface area (Å²) in [4.78, 5) is 16.3. The van der Waals surface area contributed by atoms with Crippen molar-refractivity contribution in [3.63, 3.8) is 0 Å². The number of rotatable bonds is 6. The molecule has 2 aromatic heterocycles. The number of amides is 1. The lowest BCUT2D eigenvalue weighted by molar-refractivity contribution is -0.136. The van der Waals surface area contributed by atoms with Gasteiger partial charge in [0, 0.05) is 16.9 Å². The summed E-state index contributed by atoms with van der Waals surface area (Å²) in [5, 5.41) is 8.85. The summed E-state index contributed by atoms with van der Waals surface area (Å²) in [6.45, 7) is -0.132. The number of hydrogen-bond acceptors (Lipinski definition) is 6. The Labute approximate surface area is 173 Å². The standard InChI is InChI=1S/C21H15F3N4O3/c22-21(23,24)15-11-14(26-20(29)13-5-2-1-3-6-13)8-9-16(15)25-12-18-27-19(28-31-18)17-7-4-10-30-17/h1-11,25H,12H2,(H,26,29). The number of alkyl halides is 3. The molecule has 0 fully saturated rings. The van der Waals surface area contributed by atoms with Crippen LogP contribution in [0.1, 0.15) is 21.8 Å². The average Bonchev–Trinajstić information content (AvgIpc) is 3.44. The second kappa shape index (κ2) is 8.34. The minimum absolute atomic E-state index is 0.0182. The second-order valence-electron chi connectivity index (χ2n) is 6.42. The third-order valence-electron chi connectivity index (χ3n) is 4.26. The maximum atomic E-state index is 13.6. The summed E-state index contributed by atoms with van der Waals surface area (Å²) in [7, 11) is 0. The van der Waals surface area contributed by atoms with Gasteiger partial charge in [0.15, 0.2) is 5.76 Å². The first kappa shape index (κ1) is 20.2. The van der Waals surface area contributed by atoms with E-state index in [0.717, 1.165) is 6.07 Å². The quantitative estimate of drug-likeness (QED) is 0.438. The second-order valence-corrected chi connectivity index (χ2v) is 6.42. The Morgan fingerprint density at radius 3 is 2.55 bits per heavy atom. The van der Waals surface area contributed by atoms with Crippen LogP contribution < -0.4 is 10.6 Å². The molecule has 0 saturated carbocycles. The molecule has 2 heterocycles. The van der Waals surface area contributed by atoms with Gasteiger partial charge in [-0.25, -0.2) is 0 Å². The smallest absolute Gasteiger partial charge is 0.418 e. The largest absolute Gasteiger partial charge is 0.461 e. The maximum Gasteiger partial charge on any atom is 0.418 e. The highest BCUT2D eigenvalue weighted by molar-refractivity contribution is 6.04. The molecule has 10 heteroatoms. The Kier molecular flexibility index (Phi) is 5.44. The third-order valence-corrected chi connectivity index (χ3v) is 4.26. The molecule has 0 atom stereocenters. The fourth-order valence-electron chi connectivity index (χ4n) is 2.81. The van der Waals surface area contributed by atoms with Crippen LogP contribution in [0.5, 0.6) is 0 Å². The van der Waals surface area contributed by atoms with E-state index >= 15 is 0 Å². The zero-order chi connectivity index (χ0) is 21.8. The lowest BCUT2D eigenvalue weighted by Gasteiger charge is -2.15. The highest BCUT2D eigenvalue weighted by atomic mass is 19.4.